The molecule has 7 atom stereocenters. The minimum Gasteiger partial charge on any atom is -0.466 e. The first kappa shape index (κ1) is 65.2. The van der Waals surface area contributed by atoms with Gasteiger partial charge in [0.15, 0.2) is 6.29 Å². The zero-order valence-corrected chi connectivity index (χ0v) is 44.5. The monoisotopic (exact) mass is 980 g/mol. The Labute approximate surface area is 422 Å². The Hall–Kier alpha value is -1.86. The molecule has 11 nitrogen and oxygen atoms in total. The number of hydrogen-bond acceptors (Lipinski definition) is 10. The number of unbranched alkanes of at least 4 members (excludes halogenated alkanes) is 34. The highest BCUT2D eigenvalue weighted by molar-refractivity contribution is 5.76. The Bertz CT molecular complexity index is 1200. The van der Waals surface area contributed by atoms with Gasteiger partial charge in [0.1, 0.15) is 24.4 Å². The number of nitrogens with one attached hydrogen (secondary N) is 1. The van der Waals surface area contributed by atoms with Crippen LogP contribution in [0, 0.1) is 0 Å². The maximum atomic E-state index is 13.0. The fraction of sp³-hybridized carbons (Fsp3) is 0.897. The minimum absolute atomic E-state index is 0.0136. The summed E-state index contributed by atoms with van der Waals surface area (Å²) in [5.74, 6) is -0.199. The fourth-order valence-electron chi connectivity index (χ4n) is 9.13. The smallest absolute Gasteiger partial charge is 0.305 e. The summed E-state index contributed by atoms with van der Waals surface area (Å²) in [4.78, 5) is 25.0. The van der Waals surface area contributed by atoms with Crippen molar-refractivity contribution in [3.05, 3.63) is 24.3 Å². The average molecular weight is 981 g/mol. The van der Waals surface area contributed by atoms with Crippen molar-refractivity contribution in [1.82, 2.24) is 5.32 Å². The van der Waals surface area contributed by atoms with Crippen LogP contribution in [-0.4, -0.2) is 100 Å². The summed E-state index contributed by atoms with van der Waals surface area (Å²) in [6, 6.07) is -0.809. The van der Waals surface area contributed by atoms with Gasteiger partial charge < -0.3 is 45.1 Å². The molecular weight excluding hydrogens is 871 g/mol. The summed E-state index contributed by atoms with van der Waals surface area (Å²) in [6.07, 6.45) is 47.1. The molecule has 1 amide bonds. The molecule has 0 radical (unpaired) electrons. The highest BCUT2D eigenvalue weighted by Crippen LogP contribution is 2.23. The predicted molar refractivity (Wildman–Crippen MR) is 283 cm³/mol. The van der Waals surface area contributed by atoms with Crippen molar-refractivity contribution in [3.63, 3.8) is 0 Å². The lowest BCUT2D eigenvalue weighted by atomic mass is 9.99. The van der Waals surface area contributed by atoms with Crippen molar-refractivity contribution in [1.29, 1.82) is 0 Å². The Morgan fingerprint density at radius 1 is 0.522 bits per heavy atom. The molecule has 1 fully saturated rings. The van der Waals surface area contributed by atoms with E-state index in [4.69, 9.17) is 14.2 Å². The largest absolute Gasteiger partial charge is 0.466 e. The number of ether oxygens (including phenoxy) is 3. The van der Waals surface area contributed by atoms with Crippen LogP contribution in [0.4, 0.5) is 0 Å². The van der Waals surface area contributed by atoms with E-state index >= 15 is 0 Å². The first-order chi connectivity index (χ1) is 33.7. The highest BCUT2D eigenvalue weighted by Gasteiger charge is 2.44. The summed E-state index contributed by atoms with van der Waals surface area (Å²) in [5, 5.41) is 54.2. The van der Waals surface area contributed by atoms with Gasteiger partial charge >= 0.3 is 5.97 Å². The predicted octanol–water partition coefficient (Wildman–Crippen LogP) is 12.9. The number of aliphatic hydroxyl groups is 5. The van der Waals surface area contributed by atoms with Crippen molar-refractivity contribution >= 4 is 11.9 Å². The molecule has 1 saturated heterocycles. The Morgan fingerprint density at radius 2 is 0.928 bits per heavy atom. The van der Waals surface area contributed by atoms with Gasteiger partial charge in [0.2, 0.25) is 5.91 Å². The quantitative estimate of drug-likeness (QED) is 0.0196. The van der Waals surface area contributed by atoms with E-state index in [-0.39, 0.29) is 18.5 Å². The van der Waals surface area contributed by atoms with E-state index < -0.39 is 49.5 Å². The molecule has 406 valence electrons. The second-order valence-electron chi connectivity index (χ2n) is 20.3. The number of carbonyl (C=O) groups is 2. The molecule has 6 N–H and O–H groups in total. The van der Waals surface area contributed by atoms with E-state index in [0.717, 1.165) is 64.2 Å². The van der Waals surface area contributed by atoms with Crippen LogP contribution in [-0.2, 0) is 23.8 Å². The van der Waals surface area contributed by atoms with Gasteiger partial charge in [-0.2, -0.15) is 0 Å². The van der Waals surface area contributed by atoms with Crippen LogP contribution in [0.3, 0.4) is 0 Å². The van der Waals surface area contributed by atoms with Gasteiger partial charge in [-0.05, 0) is 57.8 Å². The molecule has 0 aromatic heterocycles. The van der Waals surface area contributed by atoms with E-state index in [1.54, 1.807) is 6.08 Å². The summed E-state index contributed by atoms with van der Waals surface area (Å²) >= 11 is 0. The lowest BCUT2D eigenvalue weighted by Crippen LogP contribution is -2.60. The third-order valence-corrected chi connectivity index (χ3v) is 13.8. The summed E-state index contributed by atoms with van der Waals surface area (Å²) in [7, 11) is 0. The Kier molecular flexibility index (Phi) is 45.7. The van der Waals surface area contributed by atoms with Gasteiger partial charge in [0.05, 0.1) is 32.0 Å². The van der Waals surface area contributed by atoms with Crippen LogP contribution in [0.2, 0.25) is 0 Å². The molecule has 0 saturated carbocycles. The van der Waals surface area contributed by atoms with Crippen LogP contribution < -0.4 is 5.32 Å². The van der Waals surface area contributed by atoms with Crippen molar-refractivity contribution < 1.29 is 49.3 Å². The molecule has 0 spiro atoms. The Morgan fingerprint density at radius 3 is 1.42 bits per heavy atom. The lowest BCUT2D eigenvalue weighted by Gasteiger charge is -2.40. The second kappa shape index (κ2) is 48.4. The number of rotatable bonds is 50. The zero-order valence-electron chi connectivity index (χ0n) is 44.5. The van der Waals surface area contributed by atoms with E-state index in [0.29, 0.717) is 19.4 Å². The molecule has 0 aliphatic carbocycles. The first-order valence-electron chi connectivity index (χ1n) is 29.1. The molecule has 1 aliphatic rings. The third kappa shape index (κ3) is 38.4. The standard InChI is InChI=1S/C58H109NO10/c1-3-5-7-9-11-13-14-26-30-34-38-42-46-54(63)67-47-43-39-35-31-27-24-22-20-18-16-15-17-19-21-23-25-29-33-37-41-45-53(62)59-50(51(61)44-40-36-32-28-12-10-8-6-4-2)49-68-58-57(66)56(65)55(64)52(48-60)69-58/h11,13,40,44,50-52,55-58,60-61,64-66H,3-10,12,14-39,41-43,45-49H2,1-2H3,(H,59,62)/b13-11-,44-40+. The molecule has 0 aromatic carbocycles. The number of carbonyl (C=O) groups excluding carboxylic acids is 2. The lowest BCUT2D eigenvalue weighted by molar-refractivity contribution is -0.302. The van der Waals surface area contributed by atoms with Crippen molar-refractivity contribution in [2.45, 2.75) is 314 Å². The van der Waals surface area contributed by atoms with E-state index in [2.05, 4.69) is 31.3 Å². The zero-order chi connectivity index (χ0) is 50.3. The number of esters is 1. The molecule has 1 heterocycles. The molecular formula is C58H109NO10. The number of amides is 1. The van der Waals surface area contributed by atoms with E-state index in [1.165, 1.54) is 180 Å². The van der Waals surface area contributed by atoms with E-state index in [1.807, 2.05) is 6.08 Å². The maximum absolute atomic E-state index is 13.0. The van der Waals surface area contributed by atoms with Crippen LogP contribution in [0.15, 0.2) is 24.3 Å². The third-order valence-electron chi connectivity index (χ3n) is 13.8. The molecule has 1 rings (SSSR count). The topological polar surface area (TPSA) is 175 Å². The van der Waals surface area contributed by atoms with Crippen LogP contribution in [0.5, 0.6) is 0 Å². The number of hydrogen-bond donors (Lipinski definition) is 6. The minimum atomic E-state index is -1.57. The van der Waals surface area contributed by atoms with Crippen LogP contribution >= 0.6 is 0 Å². The molecule has 69 heavy (non-hydrogen) atoms. The fourth-order valence-corrected chi connectivity index (χ4v) is 9.13. The van der Waals surface area contributed by atoms with Gasteiger partial charge in [-0.15, -0.1) is 0 Å². The van der Waals surface area contributed by atoms with Crippen molar-refractivity contribution in [2.75, 3.05) is 19.8 Å². The number of aliphatic hydroxyl groups excluding tert-OH is 5. The van der Waals surface area contributed by atoms with Gasteiger partial charge in [0, 0.05) is 12.8 Å². The molecule has 1 aliphatic heterocycles. The molecule has 7 unspecified atom stereocenters. The Balaban J connectivity index is 2.02. The normalized spacial score (nSPS) is 19.4. The van der Waals surface area contributed by atoms with Crippen molar-refractivity contribution in [3.8, 4) is 0 Å². The van der Waals surface area contributed by atoms with Gasteiger partial charge in [0.25, 0.3) is 0 Å². The summed E-state index contributed by atoms with van der Waals surface area (Å²) in [5.41, 5.74) is 0. The molecule has 0 aromatic rings. The van der Waals surface area contributed by atoms with Crippen LogP contribution in [0.1, 0.15) is 271 Å². The van der Waals surface area contributed by atoms with Gasteiger partial charge in [-0.3, -0.25) is 9.59 Å². The first-order valence-corrected chi connectivity index (χ1v) is 29.1. The second-order valence-corrected chi connectivity index (χ2v) is 20.3. The summed E-state index contributed by atoms with van der Waals surface area (Å²) < 4.78 is 16.7. The van der Waals surface area contributed by atoms with Crippen molar-refractivity contribution in [2.24, 2.45) is 0 Å². The van der Waals surface area contributed by atoms with Gasteiger partial charge in [-0.1, -0.05) is 224 Å². The van der Waals surface area contributed by atoms with Gasteiger partial charge in [-0.25, -0.2) is 0 Å². The molecule has 0 bridgehead atoms. The maximum Gasteiger partial charge on any atom is 0.305 e. The average Bonchev–Trinajstić information content (AvgIpc) is 3.34. The molecule has 11 heteroatoms. The van der Waals surface area contributed by atoms with E-state index in [9.17, 15) is 35.1 Å². The highest BCUT2D eigenvalue weighted by atomic mass is 16.7. The number of allylic oxidation sites excluding steroid dienone is 3. The van der Waals surface area contributed by atoms with Crippen LogP contribution in [0.25, 0.3) is 0 Å². The summed E-state index contributed by atoms with van der Waals surface area (Å²) in [6.45, 7) is 4.28. The SMILES string of the molecule is CCCCC/C=C\CCCCCCCC(=O)OCCCCCCCCCCCCCCCCCCCCCCC(=O)NC(COC1OC(CO)C(O)C(O)C1O)C(O)/C=C/CCCCCCCCC.